The molecule has 3 N–H and O–H groups in total. The second-order valence-corrected chi connectivity index (χ2v) is 4.60. The molecule has 3 nitrogen and oxygen atoms in total. The average Bonchev–Trinajstić information content (AvgIpc) is 3.06. The lowest BCUT2D eigenvalue weighted by Crippen LogP contribution is -2.25. The summed E-state index contributed by atoms with van der Waals surface area (Å²) in [5, 5.41) is 3.29. The van der Waals surface area contributed by atoms with Gasteiger partial charge in [0.15, 0.2) is 0 Å². The molecule has 1 saturated carbocycles. The Hall–Kier alpha value is -1.22. The Morgan fingerprint density at radius 3 is 2.94 bits per heavy atom. The molecule has 0 aliphatic heterocycles. The molecule has 1 aliphatic carbocycles. The number of hydrogen-bond acceptors (Lipinski definition) is 2. The number of nitrogen functional groups attached to an aromatic ring is 1. The van der Waals surface area contributed by atoms with Crippen LogP contribution in [0, 0.1) is 5.92 Å². The van der Waals surface area contributed by atoms with Gasteiger partial charge in [0.1, 0.15) is 0 Å². The Kier molecular flexibility index (Phi) is 3.34. The maximum atomic E-state index is 11.8. The van der Waals surface area contributed by atoms with Gasteiger partial charge in [0, 0.05) is 6.54 Å². The molecule has 2 rings (SSSR count). The topological polar surface area (TPSA) is 55.1 Å². The second-order valence-electron chi connectivity index (χ2n) is 4.19. The Labute approximate surface area is 100.0 Å². The first-order chi connectivity index (χ1) is 7.68. The molecule has 1 aromatic rings. The number of nitrogens with one attached hydrogen (secondary N) is 1. The minimum absolute atomic E-state index is 0.138. The van der Waals surface area contributed by atoms with E-state index >= 15 is 0 Å². The Morgan fingerprint density at radius 2 is 2.25 bits per heavy atom. The van der Waals surface area contributed by atoms with Crippen LogP contribution in [0.3, 0.4) is 0 Å². The Balaban J connectivity index is 1.93. The van der Waals surface area contributed by atoms with Gasteiger partial charge in [-0.25, -0.2) is 0 Å². The monoisotopic (exact) mass is 238 g/mol. The summed E-state index contributed by atoms with van der Waals surface area (Å²) in [6.07, 6.45) is 3.66. The van der Waals surface area contributed by atoms with E-state index in [-0.39, 0.29) is 5.91 Å². The molecular weight excluding hydrogens is 224 g/mol. The lowest BCUT2D eigenvalue weighted by Gasteiger charge is -2.07. The van der Waals surface area contributed by atoms with Gasteiger partial charge < -0.3 is 11.1 Å². The van der Waals surface area contributed by atoms with Crippen molar-refractivity contribution in [2.75, 3.05) is 12.3 Å². The summed E-state index contributed by atoms with van der Waals surface area (Å²) in [6.45, 7) is 0.718. The quantitative estimate of drug-likeness (QED) is 0.792. The van der Waals surface area contributed by atoms with Crippen molar-refractivity contribution in [3.05, 3.63) is 28.8 Å². The van der Waals surface area contributed by atoms with Crippen molar-refractivity contribution in [2.45, 2.75) is 19.3 Å². The van der Waals surface area contributed by atoms with Crippen LogP contribution >= 0.6 is 11.6 Å². The molecule has 4 heteroatoms. The van der Waals surface area contributed by atoms with Crippen LogP contribution in [0.4, 0.5) is 5.69 Å². The molecule has 0 aromatic heterocycles. The SMILES string of the molecule is Nc1c(Cl)cccc1C(=O)NCCC1CC1. The highest BCUT2D eigenvalue weighted by Gasteiger charge is 2.21. The fourth-order valence-electron chi connectivity index (χ4n) is 1.63. The van der Waals surface area contributed by atoms with Crippen LogP contribution in [-0.4, -0.2) is 12.5 Å². The fraction of sp³-hybridized carbons (Fsp3) is 0.417. The van der Waals surface area contributed by atoms with Crippen LogP contribution < -0.4 is 11.1 Å². The summed E-state index contributed by atoms with van der Waals surface area (Å²) in [6, 6.07) is 5.10. The molecule has 0 radical (unpaired) electrons. The second kappa shape index (κ2) is 4.74. The molecule has 0 heterocycles. The minimum atomic E-state index is -0.138. The molecule has 0 saturated heterocycles. The third kappa shape index (κ3) is 2.67. The number of carbonyl (C=O) groups is 1. The predicted octanol–water partition coefficient (Wildman–Crippen LogP) is 2.45. The van der Waals surface area contributed by atoms with Gasteiger partial charge in [-0.1, -0.05) is 30.5 Å². The van der Waals surface area contributed by atoms with Gasteiger partial charge in [0.05, 0.1) is 16.3 Å². The van der Waals surface area contributed by atoms with Crippen LogP contribution in [0.5, 0.6) is 0 Å². The smallest absolute Gasteiger partial charge is 0.253 e. The number of halogens is 1. The zero-order valence-electron chi connectivity index (χ0n) is 9.00. The fourth-order valence-corrected chi connectivity index (χ4v) is 1.80. The molecule has 86 valence electrons. The number of nitrogens with two attached hydrogens (primary N) is 1. The first-order valence-electron chi connectivity index (χ1n) is 5.50. The third-order valence-electron chi connectivity index (χ3n) is 2.83. The first-order valence-corrected chi connectivity index (χ1v) is 5.88. The first kappa shape index (κ1) is 11.3. The van der Waals surface area contributed by atoms with Crippen LogP contribution in [0.1, 0.15) is 29.6 Å². The maximum absolute atomic E-state index is 11.8. The molecule has 1 aromatic carbocycles. The summed E-state index contributed by atoms with van der Waals surface area (Å²) >= 11 is 5.85. The van der Waals surface area contributed by atoms with E-state index in [1.165, 1.54) is 12.8 Å². The maximum Gasteiger partial charge on any atom is 0.253 e. The normalized spacial score (nSPS) is 14.8. The largest absolute Gasteiger partial charge is 0.397 e. The van der Waals surface area contributed by atoms with Crippen molar-refractivity contribution in [2.24, 2.45) is 5.92 Å². The highest BCUT2D eigenvalue weighted by molar-refractivity contribution is 6.33. The average molecular weight is 239 g/mol. The lowest BCUT2D eigenvalue weighted by molar-refractivity contribution is 0.0953. The van der Waals surface area contributed by atoms with Gasteiger partial charge in [-0.2, -0.15) is 0 Å². The molecule has 16 heavy (non-hydrogen) atoms. The van der Waals surface area contributed by atoms with Crippen LogP contribution in [0.25, 0.3) is 0 Å². The van der Waals surface area contributed by atoms with Crippen molar-refractivity contribution < 1.29 is 4.79 Å². The predicted molar refractivity (Wildman–Crippen MR) is 65.5 cm³/mol. The standard InChI is InChI=1S/C12H15ClN2O/c13-10-3-1-2-9(11(10)14)12(16)15-7-6-8-4-5-8/h1-3,8H,4-7,14H2,(H,15,16). The number of hydrogen-bond donors (Lipinski definition) is 2. The van der Waals surface area contributed by atoms with E-state index in [1.807, 2.05) is 0 Å². The van der Waals surface area contributed by atoms with E-state index in [1.54, 1.807) is 18.2 Å². The van der Waals surface area contributed by atoms with E-state index in [9.17, 15) is 4.79 Å². The summed E-state index contributed by atoms with van der Waals surface area (Å²) < 4.78 is 0. The van der Waals surface area contributed by atoms with Gasteiger partial charge in [-0.3, -0.25) is 4.79 Å². The summed E-state index contributed by atoms with van der Waals surface area (Å²) in [7, 11) is 0. The molecule has 1 amide bonds. The van der Waals surface area contributed by atoms with E-state index in [0.717, 1.165) is 18.9 Å². The highest BCUT2D eigenvalue weighted by atomic mass is 35.5. The van der Waals surface area contributed by atoms with E-state index in [4.69, 9.17) is 17.3 Å². The Morgan fingerprint density at radius 1 is 1.50 bits per heavy atom. The van der Waals surface area contributed by atoms with Crippen molar-refractivity contribution in [1.82, 2.24) is 5.32 Å². The number of para-hydroxylation sites is 1. The third-order valence-corrected chi connectivity index (χ3v) is 3.16. The van der Waals surface area contributed by atoms with E-state index in [0.29, 0.717) is 16.3 Å². The van der Waals surface area contributed by atoms with Gasteiger partial charge in [0.2, 0.25) is 0 Å². The molecule has 0 bridgehead atoms. The van der Waals surface area contributed by atoms with Crippen molar-refractivity contribution in [1.29, 1.82) is 0 Å². The molecule has 0 unspecified atom stereocenters. The zero-order valence-corrected chi connectivity index (χ0v) is 9.76. The van der Waals surface area contributed by atoms with Crippen molar-refractivity contribution in [3.8, 4) is 0 Å². The summed E-state index contributed by atoms with van der Waals surface area (Å²) in [5.41, 5.74) is 6.55. The van der Waals surface area contributed by atoms with Crippen LogP contribution in [0.2, 0.25) is 5.02 Å². The lowest BCUT2D eigenvalue weighted by atomic mass is 10.1. The number of anilines is 1. The van der Waals surface area contributed by atoms with Gasteiger partial charge in [-0.15, -0.1) is 0 Å². The number of benzene rings is 1. The van der Waals surface area contributed by atoms with Gasteiger partial charge in [-0.05, 0) is 24.5 Å². The molecular formula is C12H15ClN2O. The molecule has 1 aliphatic rings. The summed E-state index contributed by atoms with van der Waals surface area (Å²) in [5.74, 6) is 0.678. The van der Waals surface area contributed by atoms with Gasteiger partial charge >= 0.3 is 0 Å². The van der Waals surface area contributed by atoms with Crippen molar-refractivity contribution >= 4 is 23.2 Å². The van der Waals surface area contributed by atoms with Crippen LogP contribution in [-0.2, 0) is 0 Å². The van der Waals surface area contributed by atoms with Crippen LogP contribution in [0.15, 0.2) is 18.2 Å². The number of rotatable bonds is 4. The van der Waals surface area contributed by atoms with Crippen molar-refractivity contribution in [3.63, 3.8) is 0 Å². The minimum Gasteiger partial charge on any atom is -0.397 e. The van der Waals surface area contributed by atoms with E-state index < -0.39 is 0 Å². The van der Waals surface area contributed by atoms with Gasteiger partial charge in [0.25, 0.3) is 5.91 Å². The number of carbonyl (C=O) groups excluding carboxylic acids is 1. The zero-order chi connectivity index (χ0) is 11.5. The molecule has 0 atom stereocenters. The molecule has 1 fully saturated rings. The molecule has 0 spiro atoms. The Bertz CT molecular complexity index is 402. The number of amides is 1. The van der Waals surface area contributed by atoms with E-state index in [2.05, 4.69) is 5.32 Å². The highest BCUT2D eigenvalue weighted by Crippen LogP contribution is 2.31. The summed E-state index contributed by atoms with van der Waals surface area (Å²) in [4.78, 5) is 11.8.